The van der Waals surface area contributed by atoms with Crippen molar-refractivity contribution in [1.29, 1.82) is 0 Å². The molecule has 1 aliphatic rings. The standard InChI is InChI=1S/C17H34N2O3/c1-13(2)12-22-10-6-9-19-17(21)16(20)15(18)11-14-7-4-3-5-8-14/h13-16,20H,3-12,18H2,1-2H3,(H,19,21)/t15-,16?/m1/s1. The number of ether oxygens (including phenoxy) is 1. The molecule has 1 saturated carbocycles. The summed E-state index contributed by atoms with van der Waals surface area (Å²) in [4.78, 5) is 11.9. The van der Waals surface area contributed by atoms with Gasteiger partial charge in [-0.3, -0.25) is 4.79 Å². The van der Waals surface area contributed by atoms with Crippen molar-refractivity contribution in [3.63, 3.8) is 0 Å². The van der Waals surface area contributed by atoms with Crippen LogP contribution in [0.25, 0.3) is 0 Å². The summed E-state index contributed by atoms with van der Waals surface area (Å²) in [6, 6.07) is -0.458. The van der Waals surface area contributed by atoms with Gasteiger partial charge in [-0.15, -0.1) is 0 Å². The molecule has 4 N–H and O–H groups in total. The van der Waals surface area contributed by atoms with Crippen LogP contribution in [0.2, 0.25) is 0 Å². The molecule has 0 radical (unpaired) electrons. The minimum atomic E-state index is -1.10. The molecule has 5 nitrogen and oxygen atoms in total. The first-order valence-electron chi connectivity index (χ1n) is 8.79. The fraction of sp³-hybridized carbons (Fsp3) is 0.941. The summed E-state index contributed by atoms with van der Waals surface area (Å²) in [5.41, 5.74) is 6.00. The molecule has 0 aromatic carbocycles. The minimum Gasteiger partial charge on any atom is -0.382 e. The third kappa shape index (κ3) is 8.11. The number of nitrogens with two attached hydrogens (primary N) is 1. The number of hydrogen-bond donors (Lipinski definition) is 3. The van der Waals surface area contributed by atoms with Gasteiger partial charge in [-0.2, -0.15) is 0 Å². The number of hydrogen-bond acceptors (Lipinski definition) is 4. The lowest BCUT2D eigenvalue weighted by molar-refractivity contribution is -0.130. The Morgan fingerprint density at radius 3 is 2.64 bits per heavy atom. The average Bonchev–Trinajstić information content (AvgIpc) is 2.50. The third-order valence-electron chi connectivity index (χ3n) is 4.22. The normalized spacial score (nSPS) is 19.1. The highest BCUT2D eigenvalue weighted by atomic mass is 16.5. The number of amides is 1. The summed E-state index contributed by atoms with van der Waals surface area (Å²) in [5, 5.41) is 12.8. The smallest absolute Gasteiger partial charge is 0.250 e. The van der Waals surface area contributed by atoms with Gasteiger partial charge in [0.15, 0.2) is 0 Å². The molecular weight excluding hydrogens is 280 g/mol. The van der Waals surface area contributed by atoms with Gasteiger partial charge in [0.2, 0.25) is 5.91 Å². The summed E-state index contributed by atoms with van der Waals surface area (Å²) in [6.45, 7) is 6.09. The number of aliphatic hydroxyl groups excluding tert-OH is 1. The van der Waals surface area contributed by atoms with Crippen molar-refractivity contribution < 1.29 is 14.6 Å². The second-order valence-corrected chi connectivity index (χ2v) is 6.96. The zero-order chi connectivity index (χ0) is 16.4. The maximum absolute atomic E-state index is 11.9. The zero-order valence-corrected chi connectivity index (χ0v) is 14.2. The van der Waals surface area contributed by atoms with Crippen LogP contribution in [-0.4, -0.2) is 42.9 Å². The van der Waals surface area contributed by atoms with Gasteiger partial charge in [-0.1, -0.05) is 46.0 Å². The molecular formula is C17H34N2O3. The van der Waals surface area contributed by atoms with Crippen LogP contribution in [0.3, 0.4) is 0 Å². The Hall–Kier alpha value is -0.650. The van der Waals surface area contributed by atoms with Crippen molar-refractivity contribution >= 4 is 5.91 Å². The van der Waals surface area contributed by atoms with E-state index >= 15 is 0 Å². The van der Waals surface area contributed by atoms with Crippen LogP contribution in [-0.2, 0) is 9.53 Å². The van der Waals surface area contributed by atoms with E-state index in [-0.39, 0.29) is 5.91 Å². The maximum Gasteiger partial charge on any atom is 0.250 e. The predicted octanol–water partition coefficient (Wildman–Crippen LogP) is 1.82. The Bertz CT molecular complexity index is 304. The van der Waals surface area contributed by atoms with Gasteiger partial charge in [-0.25, -0.2) is 0 Å². The Morgan fingerprint density at radius 1 is 1.32 bits per heavy atom. The fourth-order valence-corrected chi connectivity index (χ4v) is 2.94. The highest BCUT2D eigenvalue weighted by Crippen LogP contribution is 2.27. The second kappa shape index (κ2) is 11.0. The van der Waals surface area contributed by atoms with Crippen molar-refractivity contribution in [1.82, 2.24) is 5.32 Å². The van der Waals surface area contributed by atoms with E-state index < -0.39 is 12.1 Å². The Morgan fingerprint density at radius 2 is 2.00 bits per heavy atom. The van der Waals surface area contributed by atoms with Gasteiger partial charge in [-0.05, 0) is 24.7 Å². The van der Waals surface area contributed by atoms with E-state index in [0.717, 1.165) is 19.4 Å². The van der Waals surface area contributed by atoms with Crippen LogP contribution < -0.4 is 11.1 Å². The molecule has 0 aromatic heterocycles. The second-order valence-electron chi connectivity index (χ2n) is 6.96. The van der Waals surface area contributed by atoms with Crippen molar-refractivity contribution in [2.24, 2.45) is 17.6 Å². The molecule has 5 heteroatoms. The zero-order valence-electron chi connectivity index (χ0n) is 14.2. The van der Waals surface area contributed by atoms with E-state index in [4.69, 9.17) is 10.5 Å². The van der Waals surface area contributed by atoms with Gasteiger partial charge < -0.3 is 20.9 Å². The molecule has 1 unspecified atom stereocenters. The number of rotatable bonds is 10. The summed E-state index contributed by atoms with van der Waals surface area (Å²) < 4.78 is 5.45. The average molecular weight is 314 g/mol. The molecule has 22 heavy (non-hydrogen) atoms. The van der Waals surface area contributed by atoms with Gasteiger partial charge in [0.05, 0.1) is 0 Å². The van der Waals surface area contributed by atoms with Gasteiger partial charge in [0.25, 0.3) is 0 Å². The largest absolute Gasteiger partial charge is 0.382 e. The molecule has 0 heterocycles. The number of nitrogens with one attached hydrogen (secondary N) is 1. The molecule has 0 bridgehead atoms. The summed E-state index contributed by atoms with van der Waals surface area (Å²) in [5.74, 6) is 0.733. The van der Waals surface area contributed by atoms with E-state index in [1.165, 1.54) is 32.1 Å². The van der Waals surface area contributed by atoms with Crippen LogP contribution in [0, 0.1) is 11.8 Å². The Balaban J connectivity index is 2.12. The van der Waals surface area contributed by atoms with Gasteiger partial charge in [0, 0.05) is 25.8 Å². The van der Waals surface area contributed by atoms with Crippen molar-refractivity contribution in [2.45, 2.75) is 70.9 Å². The fourth-order valence-electron chi connectivity index (χ4n) is 2.94. The van der Waals surface area contributed by atoms with E-state index in [9.17, 15) is 9.90 Å². The van der Waals surface area contributed by atoms with Crippen molar-refractivity contribution in [3.05, 3.63) is 0 Å². The molecule has 1 amide bonds. The van der Waals surface area contributed by atoms with E-state index in [2.05, 4.69) is 19.2 Å². The van der Waals surface area contributed by atoms with Gasteiger partial charge >= 0.3 is 0 Å². The first-order valence-corrected chi connectivity index (χ1v) is 8.79. The third-order valence-corrected chi connectivity index (χ3v) is 4.22. The van der Waals surface area contributed by atoms with Crippen LogP contribution in [0.15, 0.2) is 0 Å². The van der Waals surface area contributed by atoms with Crippen molar-refractivity contribution in [2.75, 3.05) is 19.8 Å². The lowest BCUT2D eigenvalue weighted by Crippen LogP contribution is -2.47. The topological polar surface area (TPSA) is 84.6 Å². The lowest BCUT2D eigenvalue weighted by atomic mass is 9.84. The van der Waals surface area contributed by atoms with Crippen LogP contribution in [0.1, 0.15) is 58.8 Å². The van der Waals surface area contributed by atoms with Crippen LogP contribution in [0.5, 0.6) is 0 Å². The molecule has 0 spiro atoms. The molecule has 130 valence electrons. The summed E-state index contributed by atoms with van der Waals surface area (Å²) >= 11 is 0. The first-order chi connectivity index (χ1) is 10.5. The first kappa shape index (κ1) is 19.4. The van der Waals surface area contributed by atoms with Crippen LogP contribution >= 0.6 is 0 Å². The van der Waals surface area contributed by atoms with E-state index in [0.29, 0.717) is 25.0 Å². The quantitative estimate of drug-likeness (QED) is 0.537. The predicted molar refractivity (Wildman–Crippen MR) is 88.5 cm³/mol. The van der Waals surface area contributed by atoms with E-state index in [1.54, 1.807) is 0 Å². The number of aliphatic hydroxyl groups is 1. The molecule has 0 saturated heterocycles. The number of carbonyl (C=O) groups excluding carboxylic acids is 1. The Labute approximate surface area is 135 Å². The van der Waals surface area contributed by atoms with E-state index in [1.807, 2.05) is 0 Å². The van der Waals surface area contributed by atoms with Crippen LogP contribution in [0.4, 0.5) is 0 Å². The molecule has 1 fully saturated rings. The highest BCUT2D eigenvalue weighted by molar-refractivity contribution is 5.81. The number of carbonyl (C=O) groups is 1. The molecule has 0 aromatic rings. The molecule has 1 rings (SSSR count). The summed E-state index contributed by atoms with van der Waals surface area (Å²) in [6.07, 6.45) is 6.54. The summed E-state index contributed by atoms with van der Waals surface area (Å²) in [7, 11) is 0. The minimum absolute atomic E-state index is 0.354. The van der Waals surface area contributed by atoms with Gasteiger partial charge in [0.1, 0.15) is 6.10 Å². The van der Waals surface area contributed by atoms with Crippen molar-refractivity contribution in [3.8, 4) is 0 Å². The highest BCUT2D eigenvalue weighted by Gasteiger charge is 2.26. The molecule has 0 aliphatic heterocycles. The SMILES string of the molecule is CC(C)COCCCNC(=O)C(O)[C@H](N)CC1CCCCC1. The molecule has 2 atom stereocenters. The molecule has 1 aliphatic carbocycles. The Kier molecular flexibility index (Phi) is 9.68. The maximum atomic E-state index is 11.9. The monoisotopic (exact) mass is 314 g/mol. The lowest BCUT2D eigenvalue weighted by Gasteiger charge is -2.26.